The lowest BCUT2D eigenvalue weighted by molar-refractivity contribution is -0.141. The fourth-order valence-corrected chi connectivity index (χ4v) is 7.58. The lowest BCUT2D eigenvalue weighted by Crippen LogP contribution is -2.24. The summed E-state index contributed by atoms with van der Waals surface area (Å²) in [5, 5.41) is 10.3. The van der Waals surface area contributed by atoms with Gasteiger partial charge in [-0.1, -0.05) is 24.3 Å². The van der Waals surface area contributed by atoms with Crippen molar-refractivity contribution in [1.29, 1.82) is 0 Å². The van der Waals surface area contributed by atoms with E-state index in [-0.39, 0.29) is 50.0 Å². The Kier molecular flexibility index (Phi) is 10.1. The topological polar surface area (TPSA) is 130 Å². The Hall–Kier alpha value is -5.33. The molecule has 0 spiro atoms. The molecule has 5 aliphatic rings. The molecule has 2 fully saturated rings. The Bertz CT molecular complexity index is 1940. The van der Waals surface area contributed by atoms with Crippen molar-refractivity contribution < 1.29 is 57.3 Å². The van der Waals surface area contributed by atoms with E-state index in [0.29, 0.717) is 31.1 Å². The summed E-state index contributed by atoms with van der Waals surface area (Å²) in [6.07, 6.45) is 2.16. The molecule has 1 unspecified atom stereocenters. The van der Waals surface area contributed by atoms with Crippen LogP contribution in [0.3, 0.4) is 0 Å². The molecule has 12 nitrogen and oxygen atoms in total. The van der Waals surface area contributed by atoms with Crippen molar-refractivity contribution in [3.8, 4) is 46.0 Å². The third kappa shape index (κ3) is 7.60. The number of methoxy groups -OCH3 is 2. The van der Waals surface area contributed by atoms with E-state index in [2.05, 4.69) is 6.07 Å². The van der Waals surface area contributed by atoms with Crippen LogP contribution >= 0.6 is 0 Å². The van der Waals surface area contributed by atoms with Crippen LogP contribution in [0.5, 0.6) is 46.0 Å². The smallest absolute Gasteiger partial charge is 0.309 e. The normalized spacial score (nSPS) is 23.0. The summed E-state index contributed by atoms with van der Waals surface area (Å²) in [6, 6.07) is 23.6. The van der Waals surface area contributed by atoms with Crippen LogP contribution in [0.1, 0.15) is 22.3 Å². The van der Waals surface area contributed by atoms with Gasteiger partial charge in [-0.25, -0.2) is 0 Å². The highest BCUT2D eigenvalue weighted by Crippen LogP contribution is 2.39. The SMILES string of the molecule is COc1ccc(C[C@@H]2C(=O)OC[C@H]2Cc2ccc3c(c2)OCO3)cc1OC.OC1OC[C@H](Cc2ccc3c(c2)OCO3)[C@H]1Cc1ccc2c(c1)OCO2. The minimum Gasteiger partial charge on any atom is -0.493 e. The number of hydrogen-bond acceptors (Lipinski definition) is 12. The van der Waals surface area contributed by atoms with Crippen LogP contribution in [0, 0.1) is 23.7 Å². The van der Waals surface area contributed by atoms with Crippen LogP contribution in [-0.4, -0.2) is 65.2 Å². The second-order valence-electron chi connectivity index (χ2n) is 13.7. The first-order valence-electron chi connectivity index (χ1n) is 17.8. The Morgan fingerprint density at radius 2 is 1.04 bits per heavy atom. The van der Waals surface area contributed by atoms with Gasteiger partial charge in [-0.15, -0.1) is 0 Å². The van der Waals surface area contributed by atoms with Crippen LogP contribution in [0.4, 0.5) is 0 Å². The zero-order valence-electron chi connectivity index (χ0n) is 29.6. The summed E-state index contributed by atoms with van der Waals surface area (Å²) in [5.41, 5.74) is 4.40. The largest absolute Gasteiger partial charge is 0.493 e. The highest BCUT2D eigenvalue weighted by Gasteiger charge is 2.38. The Labute approximate surface area is 307 Å². The molecule has 2 saturated heterocycles. The van der Waals surface area contributed by atoms with Crippen molar-refractivity contribution in [2.75, 3.05) is 47.8 Å². The van der Waals surface area contributed by atoms with Crippen molar-refractivity contribution in [1.82, 2.24) is 0 Å². The van der Waals surface area contributed by atoms with E-state index in [4.69, 9.17) is 47.4 Å². The third-order valence-electron chi connectivity index (χ3n) is 10.4. The molecule has 278 valence electrons. The summed E-state index contributed by atoms with van der Waals surface area (Å²) < 4.78 is 54.0. The summed E-state index contributed by atoms with van der Waals surface area (Å²) in [4.78, 5) is 12.3. The van der Waals surface area contributed by atoms with Gasteiger partial charge < -0.3 is 52.5 Å². The van der Waals surface area contributed by atoms with Crippen LogP contribution < -0.4 is 37.9 Å². The van der Waals surface area contributed by atoms with Crippen molar-refractivity contribution in [2.45, 2.75) is 32.0 Å². The van der Waals surface area contributed by atoms with E-state index in [9.17, 15) is 9.90 Å². The van der Waals surface area contributed by atoms with Gasteiger partial charge in [-0.05, 0) is 102 Å². The zero-order chi connectivity index (χ0) is 36.3. The highest BCUT2D eigenvalue weighted by molar-refractivity contribution is 5.75. The van der Waals surface area contributed by atoms with E-state index in [1.165, 1.54) is 0 Å². The Morgan fingerprint density at radius 1 is 0.547 bits per heavy atom. The fourth-order valence-electron chi connectivity index (χ4n) is 7.58. The number of carbonyl (C=O) groups is 1. The molecule has 1 N–H and O–H groups in total. The average molecular weight is 727 g/mol. The summed E-state index contributed by atoms with van der Waals surface area (Å²) >= 11 is 0. The number of aliphatic hydroxyl groups is 1. The first kappa shape index (κ1) is 34.7. The second kappa shape index (κ2) is 15.3. The number of carbonyl (C=O) groups excluding carboxylic acids is 1. The number of ether oxygens (including phenoxy) is 10. The highest BCUT2D eigenvalue weighted by atomic mass is 16.7. The molecular formula is C41H42O12. The predicted octanol–water partition coefficient (Wildman–Crippen LogP) is 5.52. The van der Waals surface area contributed by atoms with Gasteiger partial charge in [-0.2, -0.15) is 0 Å². The van der Waals surface area contributed by atoms with E-state index in [1.807, 2.05) is 66.7 Å². The van der Waals surface area contributed by atoms with E-state index in [1.54, 1.807) is 14.2 Å². The van der Waals surface area contributed by atoms with Gasteiger partial charge in [0.15, 0.2) is 52.3 Å². The number of benzene rings is 4. The standard InChI is InChI=1S/C21H22O6.C20H20O6/c1-23-17-5-3-14(9-19(17)24-2)8-16-15(11-25-21(16)22)7-13-4-6-18-20(10-13)27-12-26-18;21-20-15(6-13-2-4-17-19(8-13)26-11-24-17)14(9-22-20)5-12-1-3-16-18(7-12)25-10-23-16/h3-6,9-10,15-16H,7-8,11-12H2,1-2H3;1-4,7-8,14-15,20-21H,5-6,9-11H2/t15-,16+;14-,15+,20?/m10/s1. The molecule has 0 amide bonds. The van der Waals surface area contributed by atoms with Crippen molar-refractivity contribution >= 4 is 5.97 Å². The molecule has 0 aromatic heterocycles. The van der Waals surface area contributed by atoms with Gasteiger partial charge in [-0.3, -0.25) is 4.79 Å². The Morgan fingerprint density at radius 3 is 1.60 bits per heavy atom. The molecule has 5 aliphatic heterocycles. The molecule has 4 aromatic rings. The molecular weight excluding hydrogens is 684 g/mol. The van der Waals surface area contributed by atoms with Gasteiger partial charge in [0.05, 0.1) is 33.4 Å². The monoisotopic (exact) mass is 726 g/mol. The maximum Gasteiger partial charge on any atom is 0.309 e. The molecule has 53 heavy (non-hydrogen) atoms. The number of aliphatic hydroxyl groups excluding tert-OH is 1. The lowest BCUT2D eigenvalue weighted by atomic mass is 9.84. The molecule has 9 rings (SSSR count). The molecule has 0 saturated carbocycles. The number of fused-ring (bicyclic) bond motifs is 3. The number of hydrogen-bond donors (Lipinski definition) is 1. The average Bonchev–Trinajstić information content (AvgIpc) is 4.03. The number of esters is 1. The van der Waals surface area contributed by atoms with Crippen molar-refractivity contribution in [3.63, 3.8) is 0 Å². The minimum atomic E-state index is -0.751. The predicted molar refractivity (Wildman–Crippen MR) is 189 cm³/mol. The maximum absolute atomic E-state index is 12.3. The van der Waals surface area contributed by atoms with Crippen LogP contribution in [0.25, 0.3) is 0 Å². The molecule has 5 heterocycles. The first-order valence-corrected chi connectivity index (χ1v) is 17.8. The maximum atomic E-state index is 12.3. The number of rotatable bonds is 10. The van der Waals surface area contributed by atoms with E-state index >= 15 is 0 Å². The minimum absolute atomic E-state index is 0.0285. The van der Waals surface area contributed by atoms with Gasteiger partial charge in [0.1, 0.15) is 0 Å². The molecule has 0 bridgehead atoms. The zero-order valence-corrected chi connectivity index (χ0v) is 29.6. The van der Waals surface area contributed by atoms with Gasteiger partial charge in [0.25, 0.3) is 0 Å². The van der Waals surface area contributed by atoms with Crippen LogP contribution in [-0.2, 0) is 40.0 Å². The molecule has 4 aromatic carbocycles. The second-order valence-corrected chi connectivity index (χ2v) is 13.7. The molecule has 12 heteroatoms. The Balaban J connectivity index is 0.000000151. The first-order chi connectivity index (χ1) is 25.9. The van der Waals surface area contributed by atoms with E-state index in [0.717, 1.165) is 76.0 Å². The summed E-state index contributed by atoms with van der Waals surface area (Å²) in [6.45, 7) is 1.78. The molecule has 0 aliphatic carbocycles. The van der Waals surface area contributed by atoms with E-state index < -0.39 is 6.29 Å². The van der Waals surface area contributed by atoms with Gasteiger partial charge >= 0.3 is 5.97 Å². The lowest BCUT2D eigenvalue weighted by Gasteiger charge is -2.20. The van der Waals surface area contributed by atoms with Gasteiger partial charge in [0, 0.05) is 11.8 Å². The quantitative estimate of drug-likeness (QED) is 0.207. The van der Waals surface area contributed by atoms with Crippen LogP contribution in [0.2, 0.25) is 0 Å². The summed E-state index contributed by atoms with van der Waals surface area (Å²) in [5.74, 6) is 6.01. The molecule has 5 atom stereocenters. The molecule has 0 radical (unpaired) electrons. The van der Waals surface area contributed by atoms with Gasteiger partial charge in [0.2, 0.25) is 20.4 Å². The van der Waals surface area contributed by atoms with Crippen molar-refractivity contribution in [2.24, 2.45) is 23.7 Å². The summed E-state index contributed by atoms with van der Waals surface area (Å²) in [7, 11) is 3.21. The third-order valence-corrected chi connectivity index (χ3v) is 10.4. The number of cyclic esters (lactones) is 1. The fraction of sp³-hybridized carbons (Fsp3) is 0.390. The van der Waals surface area contributed by atoms with Crippen molar-refractivity contribution in [3.05, 3.63) is 95.1 Å². The van der Waals surface area contributed by atoms with Crippen LogP contribution in [0.15, 0.2) is 72.8 Å².